The third kappa shape index (κ3) is 3.12. The van der Waals surface area contributed by atoms with Gasteiger partial charge in [0.1, 0.15) is 15.9 Å². The summed E-state index contributed by atoms with van der Waals surface area (Å²) >= 11 is 0. The van der Waals surface area contributed by atoms with E-state index < -0.39 is 7.26 Å². The molecule has 4 rings (SSSR count). The molecule has 0 spiro atoms. The molecule has 0 aliphatic carbocycles. The Labute approximate surface area is 166 Å². The van der Waals surface area contributed by atoms with Gasteiger partial charge < -0.3 is 9.15 Å². The van der Waals surface area contributed by atoms with Crippen molar-refractivity contribution in [2.45, 2.75) is 13.8 Å². The van der Waals surface area contributed by atoms with Gasteiger partial charge in [-0.2, -0.15) is 4.98 Å². The van der Waals surface area contributed by atoms with Gasteiger partial charge in [-0.1, -0.05) is 54.6 Å². The van der Waals surface area contributed by atoms with Crippen molar-refractivity contribution in [2.24, 2.45) is 0 Å². The third-order valence-electron chi connectivity index (χ3n) is 4.71. The maximum atomic E-state index is 5.93. The fourth-order valence-corrected chi connectivity index (χ4v) is 7.76. The Bertz CT molecular complexity index is 934. The van der Waals surface area contributed by atoms with Crippen molar-refractivity contribution in [1.29, 1.82) is 0 Å². The number of hydrogen-bond acceptors (Lipinski definition) is 3. The van der Waals surface area contributed by atoms with Crippen LogP contribution in [0.3, 0.4) is 0 Å². The van der Waals surface area contributed by atoms with Crippen LogP contribution in [0, 0.1) is 6.92 Å². The minimum absolute atomic E-state index is 0.518. The summed E-state index contributed by atoms with van der Waals surface area (Å²) in [7, 11) is -2.28. The summed E-state index contributed by atoms with van der Waals surface area (Å²) in [4.78, 5) is 4.89. The lowest BCUT2D eigenvalue weighted by Crippen LogP contribution is -2.39. The monoisotopic (exact) mass is 388 g/mol. The maximum Gasteiger partial charge on any atom is 0.352 e. The number of benzene rings is 3. The highest BCUT2D eigenvalue weighted by atomic mass is 31.2. The molecule has 0 radical (unpaired) electrons. The molecule has 0 saturated carbocycles. The second-order valence-corrected chi connectivity index (χ2v) is 9.77. The van der Waals surface area contributed by atoms with Crippen LogP contribution >= 0.6 is 7.26 Å². The number of hydrogen-bond donors (Lipinski definition) is 0. The van der Waals surface area contributed by atoms with E-state index in [0.29, 0.717) is 18.4 Å². The minimum Gasteiger partial charge on any atom is -0.461 e. The molecule has 0 bridgehead atoms. The molecule has 4 heteroatoms. The highest BCUT2D eigenvalue weighted by Crippen LogP contribution is 2.55. The van der Waals surface area contributed by atoms with Gasteiger partial charge in [0, 0.05) is 6.92 Å². The first kappa shape index (κ1) is 18.5. The van der Waals surface area contributed by atoms with Gasteiger partial charge in [-0.05, 0) is 43.3 Å². The lowest BCUT2D eigenvalue weighted by atomic mass is 10.4. The van der Waals surface area contributed by atoms with E-state index in [4.69, 9.17) is 14.1 Å². The first-order chi connectivity index (χ1) is 13.8. The van der Waals surface area contributed by atoms with E-state index in [1.165, 1.54) is 15.9 Å². The zero-order valence-corrected chi connectivity index (χ0v) is 17.0. The van der Waals surface area contributed by atoms with Crippen molar-refractivity contribution in [1.82, 2.24) is 4.98 Å². The number of nitrogens with zero attached hydrogens (tertiary/aromatic N) is 1. The number of ether oxygens (including phenoxy) is 1. The van der Waals surface area contributed by atoms with Crippen LogP contribution in [0.1, 0.15) is 12.8 Å². The van der Waals surface area contributed by atoms with Crippen molar-refractivity contribution in [3.63, 3.8) is 0 Å². The Morgan fingerprint density at radius 1 is 0.750 bits per heavy atom. The molecular formula is C24H23NO2P+. The fraction of sp³-hybridized carbons (Fsp3) is 0.125. The van der Waals surface area contributed by atoms with Crippen molar-refractivity contribution in [2.75, 3.05) is 6.61 Å². The van der Waals surface area contributed by atoms with Gasteiger partial charge in [-0.25, -0.2) is 0 Å². The highest BCUT2D eigenvalue weighted by molar-refractivity contribution is 8.01. The summed E-state index contributed by atoms with van der Waals surface area (Å²) < 4.78 is 11.8. The van der Waals surface area contributed by atoms with Crippen LogP contribution in [0.15, 0.2) is 95.4 Å². The Hall–Kier alpha value is -2.90. The summed E-state index contributed by atoms with van der Waals surface area (Å²) in [5.74, 6) is 1.13. The van der Waals surface area contributed by atoms with Crippen LogP contribution in [0.4, 0.5) is 0 Å². The lowest BCUT2D eigenvalue weighted by Gasteiger charge is -2.25. The highest BCUT2D eigenvalue weighted by Gasteiger charge is 2.53. The summed E-state index contributed by atoms with van der Waals surface area (Å²) in [5.41, 5.74) is 0.885. The second kappa shape index (κ2) is 8.00. The molecule has 1 heterocycles. The van der Waals surface area contributed by atoms with Crippen molar-refractivity contribution in [3.8, 4) is 5.95 Å². The molecule has 0 unspecified atom stereocenters. The van der Waals surface area contributed by atoms with Gasteiger partial charge in [0.05, 0.1) is 6.61 Å². The fourth-order valence-electron chi connectivity index (χ4n) is 3.60. The molecule has 140 valence electrons. The second-order valence-electron chi connectivity index (χ2n) is 6.45. The first-order valence-corrected chi connectivity index (χ1v) is 11.2. The third-order valence-corrected chi connectivity index (χ3v) is 8.85. The molecular weight excluding hydrogens is 365 g/mol. The van der Waals surface area contributed by atoms with E-state index in [1.807, 2.05) is 32.0 Å². The largest absolute Gasteiger partial charge is 0.461 e. The van der Waals surface area contributed by atoms with Gasteiger partial charge >= 0.3 is 5.95 Å². The molecule has 0 amide bonds. The van der Waals surface area contributed by atoms with Crippen molar-refractivity contribution < 1.29 is 9.15 Å². The summed E-state index contributed by atoms with van der Waals surface area (Å²) in [6.07, 6.45) is 0. The van der Waals surface area contributed by atoms with Gasteiger partial charge in [-0.3, -0.25) is 0 Å². The lowest BCUT2D eigenvalue weighted by molar-refractivity contribution is 0.255. The Morgan fingerprint density at radius 2 is 1.18 bits per heavy atom. The molecule has 0 N–H and O–H groups in total. The van der Waals surface area contributed by atoms with E-state index in [0.717, 1.165) is 5.44 Å². The molecule has 0 aliphatic heterocycles. The van der Waals surface area contributed by atoms with E-state index in [9.17, 15) is 0 Å². The Balaban J connectivity index is 2.14. The zero-order chi connectivity index (χ0) is 19.4. The molecule has 0 atom stereocenters. The Morgan fingerprint density at radius 3 is 1.57 bits per heavy atom. The smallest absolute Gasteiger partial charge is 0.352 e. The average Bonchev–Trinajstić information content (AvgIpc) is 3.12. The number of aryl methyl sites for hydroxylation is 1. The van der Waals surface area contributed by atoms with Crippen molar-refractivity contribution >= 4 is 28.6 Å². The zero-order valence-electron chi connectivity index (χ0n) is 16.1. The Kier molecular flexibility index (Phi) is 5.27. The predicted molar refractivity (Wildman–Crippen MR) is 117 cm³/mol. The van der Waals surface area contributed by atoms with E-state index >= 15 is 0 Å². The molecule has 0 aliphatic rings. The standard InChI is InChI=1S/C24H23NO2P/c1-3-26-24-23(25-19(2)27-24)28(20-13-7-4-8-14-20,21-15-9-5-10-16-21)22-17-11-6-12-18-22/h4-18H,3H2,1-2H3/q+1. The molecule has 4 aromatic rings. The molecule has 0 fully saturated rings. The van der Waals surface area contributed by atoms with Gasteiger partial charge in [0.2, 0.25) is 0 Å². The van der Waals surface area contributed by atoms with E-state index in [1.54, 1.807) is 0 Å². The molecule has 0 saturated heterocycles. The summed E-state index contributed by atoms with van der Waals surface area (Å²) in [5, 5.41) is 3.67. The molecule has 28 heavy (non-hydrogen) atoms. The first-order valence-electron chi connectivity index (χ1n) is 9.43. The van der Waals surface area contributed by atoms with E-state index in [-0.39, 0.29) is 0 Å². The normalized spacial score (nSPS) is 11.4. The van der Waals surface area contributed by atoms with Gasteiger partial charge in [-0.15, -0.1) is 0 Å². The molecule has 1 aromatic heterocycles. The average molecular weight is 388 g/mol. The minimum atomic E-state index is -2.28. The van der Waals surface area contributed by atoms with Gasteiger partial charge in [0.15, 0.2) is 13.2 Å². The SMILES string of the molecule is CCOc1oc(C)nc1[P+](c1ccccc1)(c1ccccc1)c1ccccc1. The van der Waals surface area contributed by atoms with Crippen LogP contribution in [-0.4, -0.2) is 11.6 Å². The van der Waals surface area contributed by atoms with Gasteiger partial charge in [0.25, 0.3) is 5.44 Å². The maximum absolute atomic E-state index is 5.93. The number of aromatic nitrogens is 1. The van der Waals surface area contributed by atoms with Crippen LogP contribution in [-0.2, 0) is 0 Å². The summed E-state index contributed by atoms with van der Waals surface area (Å²) in [6.45, 7) is 4.37. The number of oxazole rings is 1. The number of rotatable bonds is 6. The molecule has 3 aromatic carbocycles. The predicted octanol–water partition coefficient (Wildman–Crippen LogP) is 4.00. The molecule has 3 nitrogen and oxygen atoms in total. The van der Waals surface area contributed by atoms with Crippen LogP contribution in [0.2, 0.25) is 0 Å². The van der Waals surface area contributed by atoms with E-state index in [2.05, 4.69) is 72.8 Å². The van der Waals surface area contributed by atoms with Crippen LogP contribution < -0.4 is 26.1 Å². The topological polar surface area (TPSA) is 35.3 Å². The summed E-state index contributed by atoms with van der Waals surface area (Å²) in [6, 6.07) is 31.8. The quantitative estimate of drug-likeness (QED) is 0.469. The van der Waals surface area contributed by atoms with Crippen LogP contribution in [0.25, 0.3) is 0 Å². The van der Waals surface area contributed by atoms with Crippen molar-refractivity contribution in [3.05, 3.63) is 96.9 Å². The van der Waals surface area contributed by atoms with Crippen LogP contribution in [0.5, 0.6) is 5.95 Å².